The first-order valence-electron chi connectivity index (χ1n) is 11.4. The van der Waals surface area contributed by atoms with Gasteiger partial charge in [-0.05, 0) is 42.7 Å². The molecular formula is C27H28N4O. The maximum atomic E-state index is 13.7. The van der Waals surface area contributed by atoms with Crippen LogP contribution in [-0.4, -0.2) is 38.3 Å². The van der Waals surface area contributed by atoms with E-state index in [4.69, 9.17) is 0 Å². The van der Waals surface area contributed by atoms with Crippen LogP contribution < -0.4 is 0 Å². The van der Waals surface area contributed by atoms with Gasteiger partial charge in [-0.1, -0.05) is 60.7 Å². The molecule has 5 nitrogen and oxygen atoms in total. The van der Waals surface area contributed by atoms with Crippen LogP contribution in [0.3, 0.4) is 0 Å². The van der Waals surface area contributed by atoms with Crippen LogP contribution in [0.5, 0.6) is 0 Å². The van der Waals surface area contributed by atoms with Gasteiger partial charge in [-0.15, -0.1) is 0 Å². The molecule has 1 amide bonds. The highest BCUT2D eigenvalue weighted by Crippen LogP contribution is 2.29. The van der Waals surface area contributed by atoms with Crippen LogP contribution >= 0.6 is 0 Å². The number of nitrogens with zero attached hydrogens (tertiary/aromatic N) is 4. The molecule has 2 aromatic heterocycles. The molecule has 2 aromatic carbocycles. The number of likely N-dealkylation sites (tertiary alicyclic amines) is 1. The molecule has 4 aromatic rings. The van der Waals surface area contributed by atoms with Crippen molar-refractivity contribution in [1.82, 2.24) is 19.3 Å². The number of carbonyl (C=O) groups excluding carboxylic acids is 1. The lowest BCUT2D eigenvalue weighted by atomic mass is 9.90. The van der Waals surface area contributed by atoms with Crippen molar-refractivity contribution in [3.8, 4) is 0 Å². The highest BCUT2D eigenvalue weighted by Gasteiger charge is 2.29. The van der Waals surface area contributed by atoms with Crippen molar-refractivity contribution in [3.05, 3.63) is 102 Å². The van der Waals surface area contributed by atoms with Crippen LogP contribution in [0.4, 0.5) is 0 Å². The monoisotopic (exact) mass is 424 g/mol. The van der Waals surface area contributed by atoms with Gasteiger partial charge in [-0.3, -0.25) is 9.78 Å². The van der Waals surface area contributed by atoms with E-state index in [0.29, 0.717) is 5.92 Å². The van der Waals surface area contributed by atoms with Gasteiger partial charge in [0.25, 0.3) is 0 Å². The molecular weight excluding hydrogens is 396 g/mol. The third-order valence-corrected chi connectivity index (χ3v) is 6.50. The highest BCUT2D eigenvalue weighted by atomic mass is 16.2. The van der Waals surface area contributed by atoms with Gasteiger partial charge in [0.15, 0.2) is 5.65 Å². The first-order valence-corrected chi connectivity index (χ1v) is 11.4. The minimum Gasteiger partial charge on any atom is -0.342 e. The van der Waals surface area contributed by atoms with E-state index in [0.717, 1.165) is 61.2 Å². The predicted octanol–water partition coefficient (Wildman–Crippen LogP) is 4.73. The number of amides is 1. The zero-order valence-corrected chi connectivity index (χ0v) is 18.2. The fourth-order valence-electron chi connectivity index (χ4n) is 4.81. The Morgan fingerprint density at radius 3 is 2.38 bits per heavy atom. The quantitative estimate of drug-likeness (QED) is 0.465. The Morgan fingerprint density at radius 1 is 0.938 bits per heavy atom. The van der Waals surface area contributed by atoms with E-state index in [1.807, 2.05) is 53.2 Å². The summed E-state index contributed by atoms with van der Waals surface area (Å²) in [6, 6.07) is 20.3. The van der Waals surface area contributed by atoms with Crippen molar-refractivity contribution in [2.45, 2.75) is 31.6 Å². The maximum absolute atomic E-state index is 13.7. The summed E-state index contributed by atoms with van der Waals surface area (Å²) in [6.07, 6.45) is 11.8. The Labute approximate surface area is 188 Å². The van der Waals surface area contributed by atoms with Gasteiger partial charge in [-0.2, -0.15) is 0 Å². The standard InChI is InChI=1S/C27H28N4O/c32-27(26(22-9-3-1-4-10-22)23-11-5-2-6-12-23)30-15-7-8-21(13-16-30)18-24-20-31-17-14-28-25(31)19-29-24/h1-6,9-12,14,17,19-21,26H,7-8,13,15-16,18H2/t21-/m0/s1. The van der Waals surface area contributed by atoms with Crippen LogP contribution in [-0.2, 0) is 11.2 Å². The molecule has 0 spiro atoms. The number of carbonyl (C=O) groups is 1. The van der Waals surface area contributed by atoms with Crippen LogP contribution in [0.25, 0.3) is 5.65 Å². The third-order valence-electron chi connectivity index (χ3n) is 6.50. The van der Waals surface area contributed by atoms with Gasteiger partial charge < -0.3 is 9.30 Å². The van der Waals surface area contributed by atoms with E-state index >= 15 is 0 Å². The Balaban J connectivity index is 1.30. The van der Waals surface area contributed by atoms with Gasteiger partial charge in [0.2, 0.25) is 5.91 Å². The molecule has 0 N–H and O–H groups in total. The average molecular weight is 425 g/mol. The SMILES string of the molecule is O=C(C(c1ccccc1)c1ccccc1)N1CCC[C@H](Cc2cn3ccnc3cn2)CC1. The normalized spacial score (nSPS) is 16.9. The minimum absolute atomic E-state index is 0.209. The van der Waals surface area contributed by atoms with Gasteiger partial charge in [0.1, 0.15) is 0 Å². The number of fused-ring (bicyclic) bond motifs is 1. The van der Waals surface area contributed by atoms with E-state index in [2.05, 4.69) is 45.3 Å². The molecule has 162 valence electrons. The van der Waals surface area contributed by atoms with Crippen LogP contribution in [0.1, 0.15) is 42.0 Å². The zero-order chi connectivity index (χ0) is 21.8. The maximum Gasteiger partial charge on any atom is 0.234 e. The molecule has 32 heavy (non-hydrogen) atoms. The lowest BCUT2D eigenvalue weighted by molar-refractivity contribution is -0.131. The summed E-state index contributed by atoms with van der Waals surface area (Å²) in [5.74, 6) is 0.494. The van der Waals surface area contributed by atoms with E-state index in [9.17, 15) is 4.79 Å². The molecule has 0 radical (unpaired) electrons. The number of aromatic nitrogens is 3. The molecule has 1 fully saturated rings. The summed E-state index contributed by atoms with van der Waals surface area (Å²) < 4.78 is 2.03. The smallest absolute Gasteiger partial charge is 0.234 e. The predicted molar refractivity (Wildman–Crippen MR) is 125 cm³/mol. The average Bonchev–Trinajstić information content (AvgIpc) is 3.18. The summed E-state index contributed by atoms with van der Waals surface area (Å²) in [7, 11) is 0. The molecule has 0 saturated carbocycles. The van der Waals surface area contributed by atoms with Crippen molar-refractivity contribution >= 4 is 11.6 Å². The summed E-state index contributed by atoms with van der Waals surface area (Å²) >= 11 is 0. The number of imidazole rings is 1. The molecule has 0 bridgehead atoms. The van der Waals surface area contributed by atoms with E-state index in [1.54, 1.807) is 6.20 Å². The van der Waals surface area contributed by atoms with Crippen molar-refractivity contribution < 1.29 is 4.79 Å². The molecule has 0 aliphatic carbocycles. The van der Waals surface area contributed by atoms with E-state index in [1.165, 1.54) is 0 Å². The first kappa shape index (κ1) is 20.4. The molecule has 5 rings (SSSR count). The largest absolute Gasteiger partial charge is 0.342 e. The Morgan fingerprint density at radius 2 is 1.66 bits per heavy atom. The molecule has 1 aliphatic heterocycles. The molecule has 1 atom stereocenters. The molecule has 1 aliphatic rings. The minimum atomic E-state index is -0.251. The Kier molecular flexibility index (Phi) is 5.97. The van der Waals surface area contributed by atoms with Crippen LogP contribution in [0.15, 0.2) is 85.5 Å². The number of rotatable bonds is 5. The molecule has 0 unspecified atom stereocenters. The second-order valence-corrected chi connectivity index (χ2v) is 8.65. The highest BCUT2D eigenvalue weighted by molar-refractivity contribution is 5.87. The fourth-order valence-corrected chi connectivity index (χ4v) is 4.81. The summed E-state index contributed by atoms with van der Waals surface area (Å²) in [5, 5.41) is 0. The third kappa shape index (κ3) is 4.42. The molecule has 1 saturated heterocycles. The first-order chi connectivity index (χ1) is 15.8. The topological polar surface area (TPSA) is 50.5 Å². The summed E-state index contributed by atoms with van der Waals surface area (Å²) in [6.45, 7) is 1.62. The van der Waals surface area contributed by atoms with Crippen molar-refractivity contribution in [3.63, 3.8) is 0 Å². The summed E-state index contributed by atoms with van der Waals surface area (Å²) in [5.41, 5.74) is 4.08. The van der Waals surface area contributed by atoms with Gasteiger partial charge >= 0.3 is 0 Å². The van der Waals surface area contributed by atoms with Gasteiger partial charge in [0, 0.05) is 31.7 Å². The lowest BCUT2D eigenvalue weighted by Crippen LogP contribution is -2.36. The van der Waals surface area contributed by atoms with Crippen LogP contribution in [0, 0.1) is 5.92 Å². The second-order valence-electron chi connectivity index (χ2n) is 8.65. The second kappa shape index (κ2) is 9.35. The van der Waals surface area contributed by atoms with Gasteiger partial charge in [-0.25, -0.2) is 4.98 Å². The molecule has 5 heteroatoms. The zero-order valence-electron chi connectivity index (χ0n) is 18.2. The Hall–Kier alpha value is -3.47. The number of hydrogen-bond acceptors (Lipinski definition) is 3. The lowest BCUT2D eigenvalue weighted by Gasteiger charge is -2.27. The summed E-state index contributed by atoms with van der Waals surface area (Å²) in [4.78, 5) is 24.7. The Bertz CT molecular complexity index is 1130. The number of benzene rings is 2. The van der Waals surface area contributed by atoms with Crippen molar-refractivity contribution in [2.75, 3.05) is 13.1 Å². The van der Waals surface area contributed by atoms with Crippen molar-refractivity contribution in [2.24, 2.45) is 5.92 Å². The van der Waals surface area contributed by atoms with Crippen LogP contribution in [0.2, 0.25) is 0 Å². The van der Waals surface area contributed by atoms with Gasteiger partial charge in [0.05, 0.1) is 17.8 Å². The number of hydrogen-bond donors (Lipinski definition) is 0. The fraction of sp³-hybridized carbons (Fsp3) is 0.296. The van der Waals surface area contributed by atoms with Crippen molar-refractivity contribution in [1.29, 1.82) is 0 Å². The van der Waals surface area contributed by atoms with E-state index in [-0.39, 0.29) is 11.8 Å². The molecule has 3 heterocycles. The van der Waals surface area contributed by atoms with E-state index < -0.39 is 0 Å².